The molecule has 3 rings (SSSR count). The summed E-state index contributed by atoms with van der Waals surface area (Å²) in [5.41, 5.74) is 1.13. The van der Waals surface area contributed by atoms with E-state index in [1.807, 2.05) is 17.0 Å². The summed E-state index contributed by atoms with van der Waals surface area (Å²) < 4.78 is 18.6. The second-order valence-electron chi connectivity index (χ2n) is 7.55. The van der Waals surface area contributed by atoms with Gasteiger partial charge in [0.25, 0.3) is 0 Å². The van der Waals surface area contributed by atoms with Crippen molar-refractivity contribution in [2.24, 2.45) is 5.41 Å². The Morgan fingerprint density at radius 1 is 1.19 bits per heavy atom. The second-order valence-corrected chi connectivity index (χ2v) is 7.55. The molecular weight excluding hydrogens is 331 g/mol. The monoisotopic (exact) mass is 356 g/mol. The zero-order valence-electron chi connectivity index (χ0n) is 15.5. The van der Waals surface area contributed by atoms with E-state index in [-0.39, 0.29) is 17.1 Å². The molecule has 1 atom stereocenters. The number of benzene rings is 1. The number of nitrogens with zero attached hydrogens (tertiary/aromatic N) is 2. The summed E-state index contributed by atoms with van der Waals surface area (Å²) >= 11 is 0. The van der Waals surface area contributed by atoms with Gasteiger partial charge in [-0.3, -0.25) is 9.78 Å². The fraction of sp³-hybridized carbons (Fsp3) is 0.429. The molecule has 138 valence electrons. The van der Waals surface area contributed by atoms with Crippen molar-refractivity contribution >= 4 is 5.91 Å². The third-order valence-electron chi connectivity index (χ3n) is 5.41. The number of carbonyl (C=O) groups excluding carboxylic acids is 1. The summed E-state index contributed by atoms with van der Waals surface area (Å²) in [6.45, 7) is 5.67. The predicted molar refractivity (Wildman–Crippen MR) is 98.0 cm³/mol. The summed E-state index contributed by atoms with van der Waals surface area (Å²) in [5, 5.41) is 0. The molecule has 1 aliphatic rings. The quantitative estimate of drug-likeness (QED) is 0.762. The Bertz CT molecular complexity index is 761. The highest BCUT2D eigenvalue weighted by molar-refractivity contribution is 5.93. The van der Waals surface area contributed by atoms with Gasteiger partial charge in [-0.25, -0.2) is 4.39 Å². The Balaban J connectivity index is 1.91. The van der Waals surface area contributed by atoms with Crippen molar-refractivity contribution in [3.8, 4) is 0 Å². The minimum Gasteiger partial charge on any atom is -0.383 e. The van der Waals surface area contributed by atoms with E-state index in [2.05, 4.69) is 18.8 Å². The molecule has 0 aliphatic heterocycles. The first-order valence-electron chi connectivity index (χ1n) is 8.84. The van der Waals surface area contributed by atoms with E-state index in [1.54, 1.807) is 31.6 Å². The normalized spacial score (nSPS) is 20.6. The number of halogens is 1. The van der Waals surface area contributed by atoms with Crippen LogP contribution >= 0.6 is 0 Å². The molecule has 1 fully saturated rings. The minimum atomic E-state index is -0.610. The van der Waals surface area contributed by atoms with Gasteiger partial charge in [0.15, 0.2) is 0 Å². The van der Waals surface area contributed by atoms with Crippen molar-refractivity contribution in [1.82, 2.24) is 9.88 Å². The van der Waals surface area contributed by atoms with Gasteiger partial charge >= 0.3 is 0 Å². The maximum absolute atomic E-state index is 13.6. The Hall–Kier alpha value is -2.27. The molecule has 5 heteroatoms. The number of hydrogen-bond donors (Lipinski definition) is 0. The molecule has 4 nitrogen and oxygen atoms in total. The lowest BCUT2D eigenvalue weighted by Crippen LogP contribution is -2.42. The highest BCUT2D eigenvalue weighted by Gasteiger charge is 2.67. The van der Waals surface area contributed by atoms with Crippen LogP contribution in [0.4, 0.5) is 4.39 Å². The molecule has 0 N–H and O–H groups in total. The van der Waals surface area contributed by atoms with Crippen molar-refractivity contribution in [1.29, 1.82) is 0 Å². The van der Waals surface area contributed by atoms with Crippen LogP contribution in [0.15, 0.2) is 48.8 Å². The highest BCUT2D eigenvalue weighted by Crippen LogP contribution is 2.65. The molecule has 0 radical (unpaired) electrons. The number of pyridine rings is 1. The molecule has 1 aromatic carbocycles. The van der Waals surface area contributed by atoms with Crippen LogP contribution in [-0.2, 0) is 21.5 Å². The fourth-order valence-electron chi connectivity index (χ4n) is 3.77. The number of rotatable bonds is 7. The first kappa shape index (κ1) is 18.5. The van der Waals surface area contributed by atoms with Gasteiger partial charge in [-0.15, -0.1) is 0 Å². The largest absolute Gasteiger partial charge is 0.383 e. The molecule has 0 spiro atoms. The molecule has 2 aromatic rings. The topological polar surface area (TPSA) is 42.4 Å². The lowest BCUT2D eigenvalue weighted by molar-refractivity contribution is -0.136. The van der Waals surface area contributed by atoms with E-state index < -0.39 is 5.41 Å². The standard InChI is InChI=1S/C21H25FN2O2/c1-20(2)15-21(20,17-4-6-18(22)7-5-17)19(25)24(12-13-26-3)14-16-8-10-23-11-9-16/h4-11H,12-15H2,1-3H3/t21-/m1/s1. The van der Waals surface area contributed by atoms with Gasteiger partial charge in [0.2, 0.25) is 5.91 Å². The van der Waals surface area contributed by atoms with E-state index in [4.69, 9.17) is 4.74 Å². The molecule has 1 heterocycles. The van der Waals surface area contributed by atoms with Crippen LogP contribution in [-0.4, -0.2) is 36.1 Å². The van der Waals surface area contributed by atoms with Gasteiger partial charge in [0.05, 0.1) is 12.0 Å². The van der Waals surface area contributed by atoms with Gasteiger partial charge in [-0.1, -0.05) is 26.0 Å². The van der Waals surface area contributed by atoms with Gasteiger partial charge < -0.3 is 9.64 Å². The Morgan fingerprint density at radius 2 is 1.81 bits per heavy atom. The number of methoxy groups -OCH3 is 1. The van der Waals surface area contributed by atoms with Gasteiger partial charge in [-0.2, -0.15) is 0 Å². The van der Waals surface area contributed by atoms with Gasteiger partial charge in [0, 0.05) is 32.6 Å². The molecule has 1 aliphatic carbocycles. The lowest BCUT2D eigenvalue weighted by atomic mass is 9.86. The summed E-state index contributed by atoms with van der Waals surface area (Å²) in [7, 11) is 1.63. The minimum absolute atomic E-state index is 0.0722. The molecule has 1 aromatic heterocycles. The van der Waals surface area contributed by atoms with Crippen LogP contribution in [0.2, 0.25) is 0 Å². The predicted octanol–water partition coefficient (Wildman–Crippen LogP) is 3.56. The number of carbonyl (C=O) groups is 1. The van der Waals surface area contributed by atoms with Crippen LogP contribution in [0.1, 0.15) is 31.4 Å². The van der Waals surface area contributed by atoms with Crippen LogP contribution < -0.4 is 0 Å². The zero-order chi connectivity index (χ0) is 18.8. The van der Waals surface area contributed by atoms with Crippen molar-refractivity contribution in [2.75, 3.05) is 20.3 Å². The Labute approximate surface area is 154 Å². The van der Waals surface area contributed by atoms with Crippen LogP contribution in [0.25, 0.3) is 0 Å². The smallest absolute Gasteiger partial charge is 0.234 e. The third kappa shape index (κ3) is 3.36. The number of aromatic nitrogens is 1. The van der Waals surface area contributed by atoms with Crippen LogP contribution in [0.5, 0.6) is 0 Å². The molecular formula is C21H25FN2O2. The molecule has 0 saturated heterocycles. The molecule has 26 heavy (non-hydrogen) atoms. The first-order valence-corrected chi connectivity index (χ1v) is 8.84. The van der Waals surface area contributed by atoms with E-state index >= 15 is 0 Å². The fourth-order valence-corrected chi connectivity index (χ4v) is 3.77. The zero-order valence-corrected chi connectivity index (χ0v) is 15.5. The maximum atomic E-state index is 13.6. The maximum Gasteiger partial charge on any atom is 0.234 e. The Kier molecular flexibility index (Phi) is 5.10. The first-order chi connectivity index (χ1) is 12.4. The second kappa shape index (κ2) is 7.16. The van der Waals surface area contributed by atoms with Crippen LogP contribution in [0.3, 0.4) is 0 Å². The number of hydrogen-bond acceptors (Lipinski definition) is 3. The lowest BCUT2D eigenvalue weighted by Gasteiger charge is -2.30. The van der Waals surface area contributed by atoms with Crippen LogP contribution in [0, 0.1) is 11.2 Å². The molecule has 0 bridgehead atoms. The average molecular weight is 356 g/mol. The SMILES string of the molecule is COCCN(Cc1ccncc1)C(=O)[C@]1(c2ccc(F)cc2)CC1(C)C. The van der Waals surface area contributed by atoms with Gasteiger partial charge in [0.1, 0.15) is 5.82 Å². The number of ether oxygens (including phenoxy) is 1. The number of amides is 1. The van der Waals surface area contributed by atoms with Gasteiger partial charge in [-0.05, 0) is 47.2 Å². The van der Waals surface area contributed by atoms with E-state index in [0.717, 1.165) is 17.5 Å². The van der Waals surface area contributed by atoms with E-state index in [0.29, 0.717) is 19.7 Å². The summed E-state index contributed by atoms with van der Waals surface area (Å²) in [4.78, 5) is 19.5. The Morgan fingerprint density at radius 3 is 2.35 bits per heavy atom. The molecule has 0 unspecified atom stereocenters. The van der Waals surface area contributed by atoms with E-state index in [1.165, 1.54) is 12.1 Å². The van der Waals surface area contributed by atoms with Crippen molar-refractivity contribution in [2.45, 2.75) is 32.2 Å². The summed E-state index contributed by atoms with van der Waals surface area (Å²) in [6, 6.07) is 10.2. The molecule has 1 saturated carbocycles. The average Bonchev–Trinajstić information content (AvgIpc) is 3.23. The van der Waals surface area contributed by atoms with Crippen molar-refractivity contribution in [3.63, 3.8) is 0 Å². The third-order valence-corrected chi connectivity index (χ3v) is 5.41. The van der Waals surface area contributed by atoms with Crippen molar-refractivity contribution < 1.29 is 13.9 Å². The summed E-state index contributed by atoms with van der Waals surface area (Å²) in [6.07, 6.45) is 4.21. The van der Waals surface area contributed by atoms with E-state index in [9.17, 15) is 9.18 Å². The highest BCUT2D eigenvalue weighted by atomic mass is 19.1. The van der Waals surface area contributed by atoms with Crippen molar-refractivity contribution in [3.05, 3.63) is 65.7 Å². The molecule has 1 amide bonds. The summed E-state index contributed by atoms with van der Waals surface area (Å²) in [5.74, 6) is -0.217.